The maximum Gasteiger partial charge on any atom is 0.339 e. The molecule has 0 rings (SSSR count). The minimum absolute atomic E-state index is 0.243. The Hall–Kier alpha value is -0.980. The number of carbonyl (C=O) groups excluding carboxylic acids is 2. The van der Waals surface area contributed by atoms with Gasteiger partial charge in [0.25, 0.3) is 0 Å². The molecule has 0 amide bonds. The molecule has 0 saturated carbocycles. The van der Waals surface area contributed by atoms with E-state index in [1.807, 2.05) is 0 Å². The highest BCUT2D eigenvalue weighted by atomic mass is 16.6. The summed E-state index contributed by atoms with van der Waals surface area (Å²) in [6.45, 7) is 2.57. The van der Waals surface area contributed by atoms with Gasteiger partial charge in [-0.3, -0.25) is 4.79 Å². The molecule has 0 fully saturated rings. The first-order valence-corrected chi connectivity index (χ1v) is 4.52. The van der Waals surface area contributed by atoms with Gasteiger partial charge in [0.2, 0.25) is 0 Å². The topological polar surface area (TPSA) is 71.1 Å². The molecule has 0 heterocycles. The van der Waals surface area contributed by atoms with Gasteiger partial charge in [-0.25, -0.2) is 4.79 Å². The van der Waals surface area contributed by atoms with Gasteiger partial charge in [-0.2, -0.15) is 0 Å². The van der Waals surface area contributed by atoms with Crippen molar-refractivity contribution in [3.05, 3.63) is 0 Å². The molecule has 6 heteroatoms. The zero-order valence-corrected chi connectivity index (χ0v) is 8.99. The highest BCUT2D eigenvalue weighted by Crippen LogP contribution is 1.84. The van der Waals surface area contributed by atoms with Crippen LogP contribution in [0.1, 0.15) is 6.92 Å². The van der Waals surface area contributed by atoms with E-state index in [0.29, 0.717) is 19.8 Å². The predicted molar refractivity (Wildman–Crippen MR) is 50.3 cm³/mol. The Morgan fingerprint density at radius 2 is 1.60 bits per heavy atom. The molecule has 0 aromatic heterocycles. The van der Waals surface area contributed by atoms with Crippen LogP contribution in [-0.2, 0) is 28.5 Å². The molecule has 0 atom stereocenters. The van der Waals surface area contributed by atoms with Crippen LogP contribution in [0.3, 0.4) is 0 Å². The van der Waals surface area contributed by atoms with Gasteiger partial charge in [0.1, 0.15) is 6.61 Å². The summed E-state index contributed by atoms with van der Waals surface area (Å²) in [7, 11) is 1.58. The summed E-state index contributed by atoms with van der Waals surface area (Å²) < 4.78 is 18.9. The Labute approximate surface area is 88.4 Å². The Morgan fingerprint density at radius 1 is 1.00 bits per heavy atom. The lowest BCUT2D eigenvalue weighted by molar-refractivity contribution is -0.161. The maximum atomic E-state index is 10.8. The number of carbonyl (C=O) groups is 2. The summed E-state index contributed by atoms with van der Waals surface area (Å²) in [6, 6.07) is 0. The highest BCUT2D eigenvalue weighted by Gasteiger charge is 2.05. The monoisotopic (exact) mass is 220 g/mol. The van der Waals surface area contributed by atoms with Crippen LogP contribution in [0.15, 0.2) is 0 Å². The first-order valence-electron chi connectivity index (χ1n) is 4.52. The Balaban J connectivity index is 3.16. The van der Waals surface area contributed by atoms with E-state index in [4.69, 9.17) is 14.2 Å². The molecule has 0 aliphatic carbocycles. The molecule has 0 bridgehead atoms. The number of methoxy groups -OCH3 is 1. The van der Waals surface area contributed by atoms with E-state index >= 15 is 0 Å². The van der Waals surface area contributed by atoms with Crippen molar-refractivity contribution in [2.24, 2.45) is 0 Å². The van der Waals surface area contributed by atoms with E-state index in [-0.39, 0.29) is 13.2 Å². The SMILES string of the molecule is COCCOCCOCC(=O)OC(C)=O. The van der Waals surface area contributed by atoms with E-state index in [9.17, 15) is 9.59 Å². The normalized spacial score (nSPS) is 10.0. The zero-order valence-electron chi connectivity index (χ0n) is 8.99. The lowest BCUT2D eigenvalue weighted by Gasteiger charge is -2.04. The molecular weight excluding hydrogens is 204 g/mol. The van der Waals surface area contributed by atoms with Crippen LogP contribution in [0.4, 0.5) is 0 Å². The fraction of sp³-hybridized carbons (Fsp3) is 0.778. The summed E-state index contributed by atoms with van der Waals surface area (Å²) in [5.74, 6) is -1.33. The standard InChI is InChI=1S/C9H16O6/c1-8(10)15-9(11)7-14-6-5-13-4-3-12-2/h3-7H2,1-2H3. The highest BCUT2D eigenvalue weighted by molar-refractivity contribution is 5.84. The second-order valence-corrected chi connectivity index (χ2v) is 2.62. The van der Waals surface area contributed by atoms with Crippen molar-refractivity contribution in [1.82, 2.24) is 0 Å². The summed E-state index contributed by atoms with van der Waals surface area (Å²) in [5, 5.41) is 0. The van der Waals surface area contributed by atoms with Gasteiger partial charge >= 0.3 is 11.9 Å². The predicted octanol–water partition coefficient (Wildman–Crippen LogP) is -0.244. The molecule has 0 aliphatic heterocycles. The van der Waals surface area contributed by atoms with Crippen LogP contribution in [0.5, 0.6) is 0 Å². The Morgan fingerprint density at radius 3 is 2.20 bits per heavy atom. The van der Waals surface area contributed by atoms with E-state index in [0.717, 1.165) is 6.92 Å². The maximum absolute atomic E-state index is 10.8. The second-order valence-electron chi connectivity index (χ2n) is 2.62. The Bertz CT molecular complexity index is 191. The molecule has 0 aromatic rings. The molecule has 88 valence electrons. The van der Waals surface area contributed by atoms with Crippen LogP contribution in [0.25, 0.3) is 0 Å². The molecule has 6 nitrogen and oxygen atoms in total. The first kappa shape index (κ1) is 14.0. The van der Waals surface area contributed by atoms with E-state index in [1.54, 1.807) is 7.11 Å². The molecule has 0 radical (unpaired) electrons. The minimum Gasteiger partial charge on any atom is -0.392 e. The van der Waals surface area contributed by atoms with E-state index in [2.05, 4.69) is 4.74 Å². The third-order valence-corrected chi connectivity index (χ3v) is 1.28. The number of ether oxygens (including phenoxy) is 4. The van der Waals surface area contributed by atoms with Crippen LogP contribution in [-0.4, -0.2) is 52.1 Å². The number of hydrogen-bond donors (Lipinski definition) is 0. The number of rotatable bonds is 8. The van der Waals surface area contributed by atoms with E-state index < -0.39 is 11.9 Å². The molecule has 0 spiro atoms. The van der Waals surface area contributed by atoms with Crippen molar-refractivity contribution in [2.45, 2.75) is 6.92 Å². The largest absolute Gasteiger partial charge is 0.392 e. The van der Waals surface area contributed by atoms with Crippen LogP contribution in [0, 0.1) is 0 Å². The first-order chi connectivity index (χ1) is 7.16. The lowest BCUT2D eigenvalue weighted by atomic mass is 10.7. The zero-order chi connectivity index (χ0) is 11.5. The summed E-state index contributed by atoms with van der Waals surface area (Å²) in [4.78, 5) is 21.1. The molecule has 15 heavy (non-hydrogen) atoms. The van der Waals surface area contributed by atoms with Gasteiger partial charge in [0, 0.05) is 14.0 Å². The minimum atomic E-state index is -0.695. The van der Waals surface area contributed by atoms with E-state index in [1.165, 1.54) is 0 Å². The fourth-order valence-electron chi connectivity index (χ4n) is 0.707. The van der Waals surface area contributed by atoms with Crippen LogP contribution < -0.4 is 0 Å². The third kappa shape index (κ3) is 10.9. The summed E-state index contributed by atoms with van der Waals surface area (Å²) >= 11 is 0. The van der Waals surface area contributed by atoms with Crippen molar-refractivity contribution in [2.75, 3.05) is 40.1 Å². The molecule has 0 N–H and O–H groups in total. The molecule has 0 aliphatic rings. The van der Waals surface area contributed by atoms with Crippen molar-refractivity contribution in [3.63, 3.8) is 0 Å². The van der Waals surface area contributed by atoms with Gasteiger partial charge < -0.3 is 18.9 Å². The molecule has 0 unspecified atom stereocenters. The third-order valence-electron chi connectivity index (χ3n) is 1.28. The molecule has 0 saturated heterocycles. The van der Waals surface area contributed by atoms with Crippen molar-refractivity contribution >= 4 is 11.9 Å². The summed E-state index contributed by atoms with van der Waals surface area (Å²) in [5.41, 5.74) is 0. The fourth-order valence-corrected chi connectivity index (χ4v) is 0.707. The van der Waals surface area contributed by atoms with Gasteiger partial charge in [0.15, 0.2) is 0 Å². The quantitative estimate of drug-likeness (QED) is 0.319. The average Bonchev–Trinajstić information content (AvgIpc) is 2.15. The van der Waals surface area contributed by atoms with Crippen molar-refractivity contribution in [3.8, 4) is 0 Å². The smallest absolute Gasteiger partial charge is 0.339 e. The van der Waals surface area contributed by atoms with Gasteiger partial charge in [-0.1, -0.05) is 0 Å². The summed E-state index contributed by atoms with van der Waals surface area (Å²) in [6.07, 6.45) is 0. The number of esters is 2. The second kappa shape index (κ2) is 9.57. The van der Waals surface area contributed by atoms with Crippen molar-refractivity contribution in [1.29, 1.82) is 0 Å². The molecular formula is C9H16O6. The average molecular weight is 220 g/mol. The molecule has 0 aromatic carbocycles. The van der Waals surface area contributed by atoms with Gasteiger partial charge in [-0.15, -0.1) is 0 Å². The van der Waals surface area contributed by atoms with Gasteiger partial charge in [0.05, 0.1) is 26.4 Å². The van der Waals surface area contributed by atoms with Crippen molar-refractivity contribution < 1.29 is 28.5 Å². The lowest BCUT2D eigenvalue weighted by Crippen LogP contribution is -2.17. The Kier molecular flexibility index (Phi) is 8.95. The number of hydrogen-bond acceptors (Lipinski definition) is 6. The van der Waals surface area contributed by atoms with Crippen LogP contribution in [0.2, 0.25) is 0 Å². The van der Waals surface area contributed by atoms with Gasteiger partial charge in [-0.05, 0) is 0 Å². The van der Waals surface area contributed by atoms with Crippen LogP contribution >= 0.6 is 0 Å².